The van der Waals surface area contributed by atoms with Gasteiger partial charge in [-0.3, -0.25) is 10.2 Å². The van der Waals surface area contributed by atoms with Crippen molar-refractivity contribution in [2.75, 3.05) is 0 Å². The Morgan fingerprint density at radius 1 is 1.14 bits per heavy atom. The van der Waals surface area contributed by atoms with Gasteiger partial charge in [-0.15, -0.1) is 0 Å². The number of nitrogen functional groups attached to an aromatic ring is 1. The van der Waals surface area contributed by atoms with E-state index in [1.54, 1.807) is 12.1 Å². The molecule has 0 saturated heterocycles. The van der Waals surface area contributed by atoms with Crippen LogP contribution in [0.25, 0.3) is 0 Å². The summed E-state index contributed by atoms with van der Waals surface area (Å²) in [5.41, 5.74) is 4.83. The molecule has 0 atom stereocenters. The molecule has 0 bridgehead atoms. The normalized spacial score (nSPS) is 8.64. The third-order valence-electron chi connectivity index (χ3n) is 1.61. The van der Waals surface area contributed by atoms with E-state index in [1.807, 2.05) is 33.8 Å². The molecule has 0 aromatic heterocycles. The molecule has 3 N–H and O–H groups in total. The van der Waals surface area contributed by atoms with Gasteiger partial charge in [0.05, 0.1) is 0 Å². The van der Waals surface area contributed by atoms with Crippen molar-refractivity contribution in [1.82, 2.24) is 5.43 Å². The van der Waals surface area contributed by atoms with Gasteiger partial charge >= 0.3 is 0 Å². The first-order chi connectivity index (χ1) is 6.63. The van der Waals surface area contributed by atoms with Gasteiger partial charge in [0.15, 0.2) is 0 Å². The molecule has 0 aliphatic heterocycles. The Balaban J connectivity index is 0.000000791. The van der Waals surface area contributed by atoms with Crippen molar-refractivity contribution >= 4 is 5.91 Å². The van der Waals surface area contributed by atoms with Gasteiger partial charge in [-0.05, 0) is 26.0 Å². The zero-order chi connectivity index (χ0) is 11.1. The Morgan fingerprint density at radius 3 is 1.93 bits per heavy atom. The van der Waals surface area contributed by atoms with Gasteiger partial charge in [-0.1, -0.05) is 31.0 Å². The first-order valence-electron chi connectivity index (χ1n) is 4.72. The van der Waals surface area contributed by atoms with E-state index in [2.05, 4.69) is 5.43 Å². The van der Waals surface area contributed by atoms with Crippen molar-refractivity contribution in [3.63, 3.8) is 0 Å². The number of amides is 1. The van der Waals surface area contributed by atoms with Crippen LogP contribution in [0, 0.1) is 13.8 Å². The Hall–Kier alpha value is -1.35. The summed E-state index contributed by atoms with van der Waals surface area (Å²) in [7, 11) is 0. The van der Waals surface area contributed by atoms with E-state index in [-0.39, 0.29) is 5.91 Å². The Kier molecular flexibility index (Phi) is 5.56. The van der Waals surface area contributed by atoms with Gasteiger partial charge in [0.1, 0.15) is 0 Å². The van der Waals surface area contributed by atoms with E-state index >= 15 is 0 Å². The zero-order valence-corrected chi connectivity index (χ0v) is 9.22. The minimum Gasteiger partial charge on any atom is -0.290 e. The standard InChI is InChI=1S/C9H12N2O.C2H6/c1-6-3-7(2)5-8(4-6)9(12)11-10;1-2/h3-5H,10H2,1-2H3,(H,11,12);1-2H3. The van der Waals surface area contributed by atoms with Crippen LogP contribution in [0.15, 0.2) is 18.2 Å². The molecule has 14 heavy (non-hydrogen) atoms. The number of carbonyl (C=O) groups is 1. The molecule has 1 rings (SSSR count). The number of hydrogen-bond acceptors (Lipinski definition) is 2. The molecule has 0 aliphatic rings. The van der Waals surface area contributed by atoms with Crippen molar-refractivity contribution in [2.45, 2.75) is 27.7 Å². The molecule has 0 aliphatic carbocycles. The molecule has 0 fully saturated rings. The number of hydrogen-bond donors (Lipinski definition) is 2. The highest BCUT2D eigenvalue weighted by Gasteiger charge is 2.03. The lowest BCUT2D eigenvalue weighted by Crippen LogP contribution is -2.30. The highest BCUT2D eigenvalue weighted by molar-refractivity contribution is 5.94. The van der Waals surface area contributed by atoms with Gasteiger partial charge in [0.25, 0.3) is 5.91 Å². The number of hydrazine groups is 1. The number of nitrogens with one attached hydrogen (secondary N) is 1. The van der Waals surface area contributed by atoms with Crippen LogP contribution in [0.2, 0.25) is 0 Å². The van der Waals surface area contributed by atoms with Crippen LogP contribution in [0.4, 0.5) is 0 Å². The first-order valence-corrected chi connectivity index (χ1v) is 4.72. The number of nitrogens with two attached hydrogens (primary N) is 1. The zero-order valence-electron chi connectivity index (χ0n) is 9.22. The van der Waals surface area contributed by atoms with Crippen LogP contribution in [0.1, 0.15) is 35.3 Å². The molecule has 1 amide bonds. The second kappa shape index (κ2) is 6.16. The molecule has 1 aromatic carbocycles. The fourth-order valence-electron chi connectivity index (χ4n) is 1.19. The monoisotopic (exact) mass is 194 g/mol. The van der Waals surface area contributed by atoms with Crippen molar-refractivity contribution in [2.24, 2.45) is 5.84 Å². The van der Waals surface area contributed by atoms with E-state index in [0.717, 1.165) is 11.1 Å². The summed E-state index contributed by atoms with van der Waals surface area (Å²) in [5, 5.41) is 0. The summed E-state index contributed by atoms with van der Waals surface area (Å²) in [6.45, 7) is 7.89. The summed E-state index contributed by atoms with van der Waals surface area (Å²) < 4.78 is 0. The summed E-state index contributed by atoms with van der Waals surface area (Å²) in [5.74, 6) is 4.76. The van der Waals surface area contributed by atoms with Crippen LogP contribution in [0.5, 0.6) is 0 Å². The molecule has 0 unspecified atom stereocenters. The van der Waals surface area contributed by atoms with Gasteiger partial charge in [-0.25, -0.2) is 5.84 Å². The predicted molar refractivity (Wildman–Crippen MR) is 58.9 cm³/mol. The van der Waals surface area contributed by atoms with Crippen LogP contribution in [-0.2, 0) is 0 Å². The van der Waals surface area contributed by atoms with Crippen molar-refractivity contribution in [3.05, 3.63) is 34.9 Å². The maximum Gasteiger partial charge on any atom is 0.265 e. The van der Waals surface area contributed by atoms with Crippen LogP contribution >= 0.6 is 0 Å². The molecular weight excluding hydrogens is 176 g/mol. The average Bonchev–Trinajstić information content (AvgIpc) is 2.18. The van der Waals surface area contributed by atoms with E-state index in [9.17, 15) is 4.79 Å². The maximum atomic E-state index is 11.1. The van der Waals surface area contributed by atoms with Crippen LogP contribution < -0.4 is 11.3 Å². The largest absolute Gasteiger partial charge is 0.290 e. The smallest absolute Gasteiger partial charge is 0.265 e. The van der Waals surface area contributed by atoms with E-state index in [1.165, 1.54) is 0 Å². The molecule has 0 heterocycles. The Labute approximate surface area is 85.3 Å². The lowest BCUT2D eigenvalue weighted by molar-refractivity contribution is 0.0953. The second-order valence-corrected chi connectivity index (χ2v) is 2.85. The minimum atomic E-state index is -0.248. The number of benzene rings is 1. The molecule has 3 nitrogen and oxygen atoms in total. The quantitative estimate of drug-likeness (QED) is 0.408. The summed E-state index contributed by atoms with van der Waals surface area (Å²) in [6, 6.07) is 5.61. The van der Waals surface area contributed by atoms with Crippen LogP contribution in [0.3, 0.4) is 0 Å². The first kappa shape index (κ1) is 12.7. The Morgan fingerprint density at radius 2 is 1.57 bits per heavy atom. The summed E-state index contributed by atoms with van der Waals surface area (Å²) in [6.07, 6.45) is 0. The summed E-state index contributed by atoms with van der Waals surface area (Å²) >= 11 is 0. The predicted octanol–water partition coefficient (Wildman–Crippen LogP) is 1.93. The Bertz CT molecular complexity index is 288. The van der Waals surface area contributed by atoms with Crippen LogP contribution in [-0.4, -0.2) is 5.91 Å². The highest BCUT2D eigenvalue weighted by atomic mass is 16.2. The van der Waals surface area contributed by atoms with Crippen molar-refractivity contribution < 1.29 is 4.79 Å². The molecule has 0 radical (unpaired) electrons. The third-order valence-corrected chi connectivity index (χ3v) is 1.61. The average molecular weight is 194 g/mol. The fraction of sp³-hybridized carbons (Fsp3) is 0.364. The van der Waals surface area contributed by atoms with Gasteiger partial charge in [0, 0.05) is 5.56 Å². The van der Waals surface area contributed by atoms with Crippen molar-refractivity contribution in [3.8, 4) is 0 Å². The third kappa shape index (κ3) is 3.58. The molecule has 0 saturated carbocycles. The van der Waals surface area contributed by atoms with Crippen molar-refractivity contribution in [1.29, 1.82) is 0 Å². The molecule has 3 heteroatoms. The highest BCUT2D eigenvalue weighted by Crippen LogP contribution is 2.07. The summed E-state index contributed by atoms with van der Waals surface area (Å²) in [4.78, 5) is 11.1. The lowest BCUT2D eigenvalue weighted by atomic mass is 10.1. The molecular formula is C11H18N2O. The van der Waals surface area contributed by atoms with E-state index in [4.69, 9.17) is 5.84 Å². The van der Waals surface area contributed by atoms with Gasteiger partial charge in [0.2, 0.25) is 0 Å². The lowest BCUT2D eigenvalue weighted by Gasteiger charge is -2.02. The van der Waals surface area contributed by atoms with Gasteiger partial charge in [-0.2, -0.15) is 0 Å². The number of rotatable bonds is 1. The number of carbonyl (C=O) groups excluding carboxylic acids is 1. The van der Waals surface area contributed by atoms with E-state index in [0.29, 0.717) is 5.56 Å². The molecule has 1 aromatic rings. The minimum absolute atomic E-state index is 0.248. The second-order valence-electron chi connectivity index (χ2n) is 2.85. The van der Waals surface area contributed by atoms with Gasteiger partial charge < -0.3 is 0 Å². The SMILES string of the molecule is CC.Cc1cc(C)cc(C(=O)NN)c1. The maximum absolute atomic E-state index is 11.1. The topological polar surface area (TPSA) is 55.1 Å². The fourth-order valence-corrected chi connectivity index (χ4v) is 1.19. The number of aryl methyl sites for hydroxylation is 2. The molecule has 78 valence electrons. The van der Waals surface area contributed by atoms with E-state index < -0.39 is 0 Å². The molecule has 0 spiro atoms.